The molecule has 1 aromatic heterocycles. The Morgan fingerprint density at radius 3 is 2.67 bits per heavy atom. The van der Waals surface area contributed by atoms with Crippen LogP contribution in [0.15, 0.2) is 78.2 Å². The van der Waals surface area contributed by atoms with Crippen LogP contribution in [0, 0.1) is 5.82 Å². The number of amides is 1. The van der Waals surface area contributed by atoms with E-state index >= 15 is 0 Å². The average Bonchev–Trinajstić information content (AvgIpc) is 3.25. The molecule has 1 amide bonds. The molecule has 0 fully saturated rings. The van der Waals surface area contributed by atoms with Gasteiger partial charge in [0.25, 0.3) is 5.91 Å². The molecule has 0 aliphatic heterocycles. The number of anilines is 1. The first-order valence-corrected chi connectivity index (χ1v) is 10.3. The maximum absolute atomic E-state index is 13.0. The van der Waals surface area contributed by atoms with E-state index in [-0.39, 0.29) is 11.7 Å². The summed E-state index contributed by atoms with van der Waals surface area (Å²) in [4.78, 5) is 16.8. The van der Waals surface area contributed by atoms with Crippen LogP contribution in [0.25, 0.3) is 10.6 Å². The number of nitrogens with one attached hydrogen (secondary N) is 1. The second-order valence-corrected chi connectivity index (χ2v) is 7.74. The summed E-state index contributed by atoms with van der Waals surface area (Å²) in [6, 6.07) is 20.6. The zero-order valence-electron chi connectivity index (χ0n) is 15.6. The van der Waals surface area contributed by atoms with Gasteiger partial charge in [-0.2, -0.15) is 0 Å². The molecule has 30 heavy (non-hydrogen) atoms. The van der Waals surface area contributed by atoms with Crippen molar-refractivity contribution >= 4 is 34.5 Å². The van der Waals surface area contributed by atoms with Gasteiger partial charge in [0.2, 0.25) is 0 Å². The van der Waals surface area contributed by atoms with E-state index in [0.717, 1.165) is 11.1 Å². The van der Waals surface area contributed by atoms with Crippen molar-refractivity contribution in [2.24, 2.45) is 0 Å². The highest BCUT2D eigenvalue weighted by atomic mass is 35.5. The highest BCUT2D eigenvalue weighted by Gasteiger charge is 2.13. The van der Waals surface area contributed by atoms with E-state index in [1.165, 1.54) is 35.6 Å². The van der Waals surface area contributed by atoms with Gasteiger partial charge >= 0.3 is 0 Å². The summed E-state index contributed by atoms with van der Waals surface area (Å²) in [5.41, 5.74) is 2.63. The minimum Gasteiger partial charge on any atom is -0.489 e. The van der Waals surface area contributed by atoms with Gasteiger partial charge in [0.15, 0.2) is 0 Å². The lowest BCUT2D eigenvalue weighted by Gasteiger charge is -2.07. The molecule has 0 saturated heterocycles. The number of carbonyl (C=O) groups excluding carboxylic acids is 1. The summed E-state index contributed by atoms with van der Waals surface area (Å²) in [6.07, 6.45) is 0. The third-order valence-corrected chi connectivity index (χ3v) is 5.34. The number of rotatable bonds is 6. The van der Waals surface area contributed by atoms with E-state index in [9.17, 15) is 9.18 Å². The van der Waals surface area contributed by atoms with Gasteiger partial charge in [0, 0.05) is 21.7 Å². The van der Waals surface area contributed by atoms with E-state index in [1.54, 1.807) is 5.38 Å². The second-order valence-electron chi connectivity index (χ2n) is 6.45. The van der Waals surface area contributed by atoms with Crippen LogP contribution in [0.3, 0.4) is 0 Å². The molecule has 0 radical (unpaired) electrons. The average molecular weight is 439 g/mol. The monoisotopic (exact) mass is 438 g/mol. The van der Waals surface area contributed by atoms with Crippen LogP contribution >= 0.6 is 22.9 Å². The molecule has 3 aromatic carbocycles. The first-order valence-electron chi connectivity index (χ1n) is 9.07. The fourth-order valence-electron chi connectivity index (χ4n) is 2.75. The molecule has 0 bridgehead atoms. The Balaban J connectivity index is 1.44. The van der Waals surface area contributed by atoms with Gasteiger partial charge in [-0.05, 0) is 54.1 Å². The number of nitrogens with zero attached hydrogens (tertiary/aromatic N) is 1. The fourth-order valence-corrected chi connectivity index (χ4v) is 3.76. The normalized spacial score (nSPS) is 10.6. The van der Waals surface area contributed by atoms with Crippen LogP contribution in [0.2, 0.25) is 5.02 Å². The number of ether oxygens (including phenoxy) is 1. The van der Waals surface area contributed by atoms with E-state index in [2.05, 4.69) is 10.3 Å². The molecule has 4 rings (SSSR count). The number of hydrogen-bond acceptors (Lipinski definition) is 4. The zero-order valence-corrected chi connectivity index (χ0v) is 17.2. The quantitative estimate of drug-likeness (QED) is 0.377. The lowest BCUT2D eigenvalue weighted by atomic mass is 10.2. The SMILES string of the molecule is O=C(Nc1ccc(F)cc1)c1csc(-c2cccc(OCc3cccc(Cl)c3)c2)n1. The Morgan fingerprint density at radius 2 is 1.87 bits per heavy atom. The van der Waals surface area contributed by atoms with Crippen molar-refractivity contribution in [1.29, 1.82) is 0 Å². The lowest BCUT2D eigenvalue weighted by molar-refractivity contribution is 0.102. The van der Waals surface area contributed by atoms with Crippen LogP contribution < -0.4 is 10.1 Å². The first kappa shape index (κ1) is 20.1. The molecule has 150 valence electrons. The van der Waals surface area contributed by atoms with Crippen molar-refractivity contribution in [3.05, 3.63) is 100 Å². The zero-order chi connectivity index (χ0) is 20.9. The lowest BCUT2D eigenvalue weighted by Crippen LogP contribution is -2.12. The molecule has 0 saturated carbocycles. The third kappa shape index (κ3) is 5.03. The topological polar surface area (TPSA) is 51.2 Å². The third-order valence-electron chi connectivity index (χ3n) is 4.21. The smallest absolute Gasteiger partial charge is 0.275 e. The molecule has 4 aromatic rings. The first-order chi connectivity index (χ1) is 14.6. The van der Waals surface area contributed by atoms with Crippen molar-refractivity contribution in [2.45, 2.75) is 6.61 Å². The van der Waals surface area contributed by atoms with Gasteiger partial charge in [-0.3, -0.25) is 4.79 Å². The Kier molecular flexibility index (Phi) is 6.07. The largest absolute Gasteiger partial charge is 0.489 e. The predicted octanol–water partition coefficient (Wildman–Crippen LogP) is 6.43. The molecule has 0 aliphatic rings. The van der Waals surface area contributed by atoms with Crippen LogP contribution in [0.1, 0.15) is 16.1 Å². The van der Waals surface area contributed by atoms with Crippen molar-refractivity contribution in [2.75, 3.05) is 5.32 Å². The summed E-state index contributed by atoms with van der Waals surface area (Å²) in [5, 5.41) is 5.76. The molecule has 0 unspecified atom stereocenters. The highest BCUT2D eigenvalue weighted by molar-refractivity contribution is 7.13. The molecule has 4 nitrogen and oxygen atoms in total. The summed E-state index contributed by atoms with van der Waals surface area (Å²) in [6.45, 7) is 0.396. The van der Waals surface area contributed by atoms with Gasteiger partial charge < -0.3 is 10.1 Å². The second kappa shape index (κ2) is 9.07. The summed E-state index contributed by atoms with van der Waals surface area (Å²) < 4.78 is 18.9. The molecular weight excluding hydrogens is 423 g/mol. The number of thiazole rings is 1. The summed E-state index contributed by atoms with van der Waals surface area (Å²) >= 11 is 7.37. The fraction of sp³-hybridized carbons (Fsp3) is 0.0435. The summed E-state index contributed by atoms with van der Waals surface area (Å²) in [5.74, 6) is -0.0149. The van der Waals surface area contributed by atoms with E-state index in [0.29, 0.717) is 33.8 Å². The van der Waals surface area contributed by atoms with E-state index in [1.807, 2.05) is 48.5 Å². The van der Waals surface area contributed by atoms with Crippen molar-refractivity contribution in [3.63, 3.8) is 0 Å². The number of benzene rings is 3. The number of aromatic nitrogens is 1. The van der Waals surface area contributed by atoms with Gasteiger partial charge in [-0.25, -0.2) is 9.37 Å². The minimum absolute atomic E-state index is 0.296. The molecule has 7 heteroatoms. The van der Waals surface area contributed by atoms with Crippen LogP contribution in [0.5, 0.6) is 5.75 Å². The maximum Gasteiger partial charge on any atom is 0.275 e. The van der Waals surface area contributed by atoms with Gasteiger partial charge in [0.05, 0.1) is 0 Å². The Hall–Kier alpha value is -3.22. The van der Waals surface area contributed by atoms with E-state index < -0.39 is 0 Å². The predicted molar refractivity (Wildman–Crippen MR) is 118 cm³/mol. The van der Waals surface area contributed by atoms with Crippen LogP contribution in [-0.4, -0.2) is 10.9 Å². The van der Waals surface area contributed by atoms with E-state index in [4.69, 9.17) is 16.3 Å². The number of halogens is 2. The van der Waals surface area contributed by atoms with Crippen molar-refractivity contribution in [1.82, 2.24) is 4.98 Å². The van der Waals surface area contributed by atoms with Crippen molar-refractivity contribution in [3.8, 4) is 16.3 Å². The molecule has 1 N–H and O–H groups in total. The molecule has 0 atom stereocenters. The Bertz CT molecular complexity index is 1180. The highest BCUT2D eigenvalue weighted by Crippen LogP contribution is 2.28. The van der Waals surface area contributed by atoms with Crippen LogP contribution in [-0.2, 0) is 6.61 Å². The maximum atomic E-state index is 13.0. The summed E-state index contributed by atoms with van der Waals surface area (Å²) in [7, 11) is 0. The van der Waals surface area contributed by atoms with Gasteiger partial charge in [-0.15, -0.1) is 11.3 Å². The van der Waals surface area contributed by atoms with Crippen LogP contribution in [0.4, 0.5) is 10.1 Å². The van der Waals surface area contributed by atoms with Crippen molar-refractivity contribution < 1.29 is 13.9 Å². The van der Waals surface area contributed by atoms with Gasteiger partial charge in [0.1, 0.15) is 28.9 Å². The molecule has 0 aliphatic carbocycles. The standard InChI is InChI=1S/C23H16ClFN2O2S/c24-17-5-1-3-15(11-17)13-29-20-6-2-4-16(12-20)23-27-21(14-30-23)22(28)26-19-9-7-18(25)8-10-19/h1-12,14H,13H2,(H,26,28). The molecule has 0 spiro atoms. The number of carbonyl (C=O) groups is 1. The Morgan fingerprint density at radius 1 is 1.07 bits per heavy atom. The molecule has 1 heterocycles. The molecular formula is C23H16ClFN2O2S. The van der Waals surface area contributed by atoms with Gasteiger partial charge in [-0.1, -0.05) is 35.9 Å². The Labute approximate surface area is 181 Å². The number of hydrogen-bond donors (Lipinski definition) is 1. The minimum atomic E-state index is -0.360.